The summed E-state index contributed by atoms with van der Waals surface area (Å²) in [5.41, 5.74) is 4.07. The zero-order chi connectivity index (χ0) is 29.0. The molecule has 0 aromatic heterocycles. The lowest BCUT2D eigenvalue weighted by molar-refractivity contribution is -0.0451. The summed E-state index contributed by atoms with van der Waals surface area (Å²) >= 11 is 19.1. The molecule has 5 nitrogen and oxygen atoms in total. The maximum Gasteiger partial charge on any atom is 0.211 e. The molecular formula is C26H40Cl6N2O3S. The van der Waals surface area contributed by atoms with Gasteiger partial charge >= 0.3 is 0 Å². The first-order chi connectivity index (χ1) is 18.0. The molecule has 4 aliphatic rings. The molecule has 0 unspecified atom stereocenters. The van der Waals surface area contributed by atoms with E-state index in [4.69, 9.17) is 55.3 Å². The second-order valence-electron chi connectivity index (χ2n) is 9.23. The summed E-state index contributed by atoms with van der Waals surface area (Å²) in [6, 6.07) is 5.00. The van der Waals surface area contributed by atoms with Crippen LogP contribution in [0.1, 0.15) is 43.9 Å². The highest BCUT2D eigenvalue weighted by Gasteiger charge is 2.63. The van der Waals surface area contributed by atoms with Crippen molar-refractivity contribution in [1.29, 1.82) is 0 Å². The summed E-state index contributed by atoms with van der Waals surface area (Å²) in [4.78, 5) is 4.87. The van der Waals surface area contributed by atoms with Crippen LogP contribution in [0.4, 0.5) is 0 Å². The number of alkyl halides is 4. The van der Waals surface area contributed by atoms with Crippen LogP contribution in [-0.4, -0.2) is 81.3 Å². The van der Waals surface area contributed by atoms with Gasteiger partial charge in [-0.1, -0.05) is 45.1 Å². The highest BCUT2D eigenvalue weighted by Crippen LogP contribution is 2.61. The smallest absolute Gasteiger partial charge is 0.211 e. The van der Waals surface area contributed by atoms with E-state index in [2.05, 4.69) is 84.1 Å². The summed E-state index contributed by atoms with van der Waals surface area (Å²) < 4.78 is 15.4. The molecule has 1 aromatic carbocycles. The second-order valence-corrected chi connectivity index (χ2v) is 13.4. The second kappa shape index (κ2) is 18.1. The minimum Gasteiger partial charge on any atom is -0.486 e. The van der Waals surface area contributed by atoms with Crippen LogP contribution < -0.4 is 4.74 Å². The fraction of sp³-hybridized carbons (Fsp3) is 0.692. The summed E-state index contributed by atoms with van der Waals surface area (Å²) in [6.45, 7) is 13.3. The van der Waals surface area contributed by atoms with Gasteiger partial charge in [0.15, 0.2) is 0 Å². The van der Waals surface area contributed by atoms with Crippen molar-refractivity contribution in [1.82, 2.24) is 9.80 Å². The summed E-state index contributed by atoms with van der Waals surface area (Å²) in [6.07, 6.45) is 5.83. The monoisotopic (exact) mass is 670 g/mol. The minimum atomic E-state index is -1.67. The molecule has 2 aliphatic carbocycles. The molecule has 5 rings (SSSR count). The molecule has 12 heteroatoms. The standard InChI is InChI=1S/C18H21NO2.C6H15N.2CH2Cl2.Cl2OS/c1-10-3-4-11-9-13-12-5-6-14(20)17-18(12,7-8-19(13)2)15(11)16(10)21-17;1-4-7(5-2)6-3;2*2-1-3;1-4(2)3/h3-6,12-14,17,20H,7-9H2,1-2H3;4-6H2,1-3H3;2*1H2;/t12-,13+,14-,17-,18-;;;;/m0..../s1. The zero-order valence-electron chi connectivity index (χ0n) is 22.6. The van der Waals surface area contributed by atoms with Gasteiger partial charge in [-0.2, -0.15) is 0 Å². The van der Waals surface area contributed by atoms with E-state index in [-0.39, 0.29) is 22.2 Å². The average molecular weight is 673 g/mol. The number of rotatable bonds is 3. The van der Waals surface area contributed by atoms with Gasteiger partial charge in [0.25, 0.3) is 0 Å². The van der Waals surface area contributed by atoms with Crippen molar-refractivity contribution >= 4 is 77.0 Å². The minimum absolute atomic E-state index is 0.000278. The van der Waals surface area contributed by atoms with Crippen molar-refractivity contribution < 1.29 is 14.1 Å². The first-order valence-electron chi connectivity index (χ1n) is 12.6. The quantitative estimate of drug-likeness (QED) is 0.212. The van der Waals surface area contributed by atoms with Gasteiger partial charge in [0.1, 0.15) is 18.0 Å². The molecule has 0 radical (unpaired) electrons. The predicted molar refractivity (Wildman–Crippen MR) is 167 cm³/mol. The maximum absolute atomic E-state index is 10.5. The molecule has 2 heterocycles. The third kappa shape index (κ3) is 8.77. The van der Waals surface area contributed by atoms with Gasteiger partial charge in [-0.15, -0.1) is 46.4 Å². The third-order valence-corrected chi connectivity index (χ3v) is 7.71. The highest BCUT2D eigenvalue weighted by atomic mass is 36.0. The fourth-order valence-corrected chi connectivity index (χ4v) is 6.06. The van der Waals surface area contributed by atoms with Gasteiger partial charge < -0.3 is 19.6 Å². The Kier molecular flexibility index (Phi) is 17.5. The number of ether oxygens (including phenoxy) is 1. The topological polar surface area (TPSA) is 53.0 Å². The van der Waals surface area contributed by atoms with Gasteiger partial charge in [0.05, 0.1) is 10.7 Å². The number of benzene rings is 1. The Hall–Kier alpha value is 0.530. The Bertz CT molecular complexity index is 896. The molecule has 220 valence electrons. The number of piperidine rings is 1. The Morgan fingerprint density at radius 1 is 1.08 bits per heavy atom. The van der Waals surface area contributed by atoms with E-state index in [1.54, 1.807) is 0 Å². The van der Waals surface area contributed by atoms with Crippen molar-refractivity contribution in [2.45, 2.75) is 64.2 Å². The van der Waals surface area contributed by atoms with Gasteiger partial charge in [0.2, 0.25) is 9.23 Å². The van der Waals surface area contributed by atoms with Crippen molar-refractivity contribution in [3.63, 3.8) is 0 Å². The van der Waals surface area contributed by atoms with Crippen molar-refractivity contribution in [2.75, 3.05) is 43.9 Å². The summed E-state index contributed by atoms with van der Waals surface area (Å²) in [5, 5.41) is 10.9. The maximum atomic E-state index is 10.5. The number of hydrogen-bond donors (Lipinski definition) is 1. The SMILES string of the molecule is CCN(CC)CC.Cc1ccc2c3c1O[C@H]1[C@@H](O)C=C[C@H]4[C@@H](C2)N(C)CC[C@@]341.ClCCl.ClCCl.O=S(Cl)Cl. The molecule has 1 aromatic rings. The van der Waals surface area contributed by atoms with Gasteiger partial charge in [-0.05, 0) is 64.1 Å². The molecule has 0 saturated carbocycles. The van der Waals surface area contributed by atoms with Crippen molar-refractivity contribution in [2.24, 2.45) is 5.92 Å². The fourth-order valence-electron chi connectivity index (χ4n) is 6.06. The van der Waals surface area contributed by atoms with Crippen LogP contribution in [0.15, 0.2) is 24.3 Å². The highest BCUT2D eigenvalue weighted by molar-refractivity contribution is 8.26. The van der Waals surface area contributed by atoms with Crippen LogP contribution in [0.2, 0.25) is 0 Å². The molecule has 1 N–H and O–H groups in total. The van der Waals surface area contributed by atoms with E-state index >= 15 is 0 Å². The summed E-state index contributed by atoms with van der Waals surface area (Å²) in [7, 11) is 9.60. The number of aliphatic hydroxyl groups is 1. The van der Waals surface area contributed by atoms with Crippen LogP contribution in [0.5, 0.6) is 5.75 Å². The Balaban J connectivity index is 0.000000355. The molecule has 2 bridgehead atoms. The third-order valence-electron chi connectivity index (χ3n) is 7.71. The lowest BCUT2D eigenvalue weighted by Gasteiger charge is -2.56. The van der Waals surface area contributed by atoms with Crippen LogP contribution in [0.3, 0.4) is 0 Å². The average Bonchev–Trinajstić information content (AvgIpc) is 3.22. The van der Waals surface area contributed by atoms with Crippen LogP contribution in [0, 0.1) is 12.8 Å². The lowest BCUT2D eigenvalue weighted by atomic mass is 9.53. The lowest BCUT2D eigenvalue weighted by Crippen LogP contribution is -2.64. The first kappa shape index (κ1) is 36.6. The summed E-state index contributed by atoms with van der Waals surface area (Å²) in [5.74, 6) is 1.54. The van der Waals surface area contributed by atoms with E-state index in [0.29, 0.717) is 12.0 Å². The van der Waals surface area contributed by atoms with Crippen LogP contribution in [0.25, 0.3) is 0 Å². The molecule has 1 saturated heterocycles. The first-order valence-corrected chi connectivity index (χ1v) is 17.5. The van der Waals surface area contributed by atoms with Gasteiger partial charge in [0, 0.05) is 44.3 Å². The number of likely N-dealkylation sites (tertiary alicyclic amines) is 1. The zero-order valence-corrected chi connectivity index (χ0v) is 28.0. The van der Waals surface area contributed by atoms with Crippen LogP contribution in [-0.2, 0) is 21.1 Å². The van der Waals surface area contributed by atoms with E-state index < -0.39 is 15.3 Å². The van der Waals surface area contributed by atoms with E-state index in [1.807, 2.05) is 6.08 Å². The van der Waals surface area contributed by atoms with Crippen molar-refractivity contribution in [3.05, 3.63) is 41.0 Å². The molecular weight excluding hydrogens is 633 g/mol. The molecule has 5 atom stereocenters. The molecule has 0 amide bonds. The predicted octanol–water partition coefficient (Wildman–Crippen LogP) is 7.03. The number of hydrogen-bond acceptors (Lipinski definition) is 5. The number of nitrogens with zero attached hydrogens (tertiary/aromatic N) is 2. The number of likely N-dealkylation sites (N-methyl/N-ethyl adjacent to an activating group) is 1. The molecule has 2 aliphatic heterocycles. The Morgan fingerprint density at radius 3 is 2.08 bits per heavy atom. The molecule has 1 spiro atoms. The molecule has 38 heavy (non-hydrogen) atoms. The van der Waals surface area contributed by atoms with Crippen LogP contribution >= 0.6 is 67.8 Å². The number of halogens is 6. The van der Waals surface area contributed by atoms with E-state index in [0.717, 1.165) is 25.1 Å². The largest absolute Gasteiger partial charge is 0.486 e. The molecule has 1 fully saturated rings. The number of aryl methyl sites for hydroxylation is 1. The van der Waals surface area contributed by atoms with E-state index in [1.165, 1.54) is 36.3 Å². The van der Waals surface area contributed by atoms with Crippen molar-refractivity contribution in [3.8, 4) is 5.75 Å². The number of aliphatic hydroxyl groups excluding tert-OH is 1. The Morgan fingerprint density at radius 2 is 1.61 bits per heavy atom. The normalized spacial score (nSPS) is 27.3. The Labute approximate surface area is 260 Å². The van der Waals surface area contributed by atoms with Gasteiger partial charge in [-0.25, -0.2) is 4.21 Å². The van der Waals surface area contributed by atoms with Gasteiger partial charge in [-0.3, -0.25) is 0 Å². The van der Waals surface area contributed by atoms with E-state index in [9.17, 15) is 5.11 Å².